The second-order valence-electron chi connectivity index (χ2n) is 9.74. The van der Waals surface area contributed by atoms with Gasteiger partial charge in [-0.05, 0) is 73.0 Å². The Morgan fingerprint density at radius 1 is 1.09 bits per heavy atom. The van der Waals surface area contributed by atoms with Crippen LogP contribution in [0.5, 0.6) is 23.0 Å². The number of benzene rings is 3. The SMILES string of the molecule is CCOC(=O)C1=C(C)N=c2s/c(=C\c3ccc(OCc4ccc5c(c4)OCO5)c(OC)c3)c(=O)n2[C@H]1c1ccc(F)cc1. The molecule has 0 saturated carbocycles. The highest BCUT2D eigenvalue weighted by Crippen LogP contribution is 2.34. The zero-order valence-corrected chi connectivity index (χ0v) is 24.4. The maximum atomic E-state index is 13.8. The summed E-state index contributed by atoms with van der Waals surface area (Å²) in [7, 11) is 1.54. The van der Waals surface area contributed by atoms with Crippen molar-refractivity contribution < 1.29 is 32.9 Å². The monoisotopic (exact) mass is 602 g/mol. The Hall–Kier alpha value is -4.90. The number of carbonyl (C=O) groups is 1. The van der Waals surface area contributed by atoms with Crippen LogP contribution in [0.25, 0.3) is 6.08 Å². The fraction of sp³-hybridized carbons (Fsp3) is 0.219. The smallest absolute Gasteiger partial charge is 0.338 e. The molecule has 3 aromatic carbocycles. The lowest BCUT2D eigenvalue weighted by Gasteiger charge is -2.24. The molecule has 1 atom stereocenters. The largest absolute Gasteiger partial charge is 0.493 e. The maximum Gasteiger partial charge on any atom is 0.338 e. The third-order valence-corrected chi connectivity index (χ3v) is 8.00. The van der Waals surface area contributed by atoms with Crippen LogP contribution >= 0.6 is 11.3 Å². The average molecular weight is 603 g/mol. The molecule has 220 valence electrons. The van der Waals surface area contributed by atoms with Crippen LogP contribution in [0.2, 0.25) is 0 Å². The number of esters is 1. The molecule has 1 aromatic heterocycles. The Morgan fingerprint density at radius 2 is 1.88 bits per heavy atom. The standard InChI is InChI=1S/C32H27FN2O7S/c1-4-39-31(37)28-18(2)34-32-35(29(28)21-7-9-22(33)10-8-21)30(36)27(43-32)15-19-5-11-23(25(13-19)38-3)40-16-20-6-12-24-26(14-20)42-17-41-24/h5-15,29H,4,16-17H2,1-3H3/b27-15-/t29-/m0/s1. The second-order valence-corrected chi connectivity index (χ2v) is 10.7. The van der Waals surface area contributed by atoms with Crippen molar-refractivity contribution in [2.45, 2.75) is 26.5 Å². The van der Waals surface area contributed by atoms with Crippen molar-refractivity contribution in [2.75, 3.05) is 20.5 Å². The number of nitrogens with zero attached hydrogens (tertiary/aromatic N) is 2. The molecule has 0 unspecified atom stereocenters. The molecule has 0 radical (unpaired) electrons. The summed E-state index contributed by atoms with van der Waals surface area (Å²) < 4.78 is 43.3. The number of hydrogen-bond acceptors (Lipinski definition) is 9. The van der Waals surface area contributed by atoms with Gasteiger partial charge < -0.3 is 23.7 Å². The number of aromatic nitrogens is 1. The third-order valence-electron chi connectivity index (χ3n) is 7.02. The molecule has 0 N–H and O–H groups in total. The highest BCUT2D eigenvalue weighted by molar-refractivity contribution is 7.07. The van der Waals surface area contributed by atoms with Crippen LogP contribution in [-0.4, -0.2) is 31.0 Å². The minimum atomic E-state index is -0.820. The summed E-state index contributed by atoms with van der Waals surface area (Å²) in [6.45, 7) is 4.06. The minimum absolute atomic E-state index is 0.161. The summed E-state index contributed by atoms with van der Waals surface area (Å²) in [6, 6.07) is 15.9. The first-order valence-corrected chi connectivity index (χ1v) is 14.3. The first-order chi connectivity index (χ1) is 20.9. The summed E-state index contributed by atoms with van der Waals surface area (Å²) in [5, 5.41) is 0. The summed E-state index contributed by atoms with van der Waals surface area (Å²) in [6.07, 6.45) is 1.74. The van der Waals surface area contributed by atoms with E-state index in [0.29, 0.717) is 49.2 Å². The van der Waals surface area contributed by atoms with E-state index in [9.17, 15) is 14.0 Å². The first kappa shape index (κ1) is 28.2. The summed E-state index contributed by atoms with van der Waals surface area (Å²) >= 11 is 1.20. The highest BCUT2D eigenvalue weighted by Gasteiger charge is 2.33. The van der Waals surface area contributed by atoms with Gasteiger partial charge in [-0.25, -0.2) is 14.2 Å². The van der Waals surface area contributed by atoms with Crippen molar-refractivity contribution in [1.82, 2.24) is 4.57 Å². The van der Waals surface area contributed by atoms with E-state index in [1.807, 2.05) is 24.3 Å². The van der Waals surface area contributed by atoms with Crippen molar-refractivity contribution in [1.29, 1.82) is 0 Å². The number of ether oxygens (including phenoxy) is 5. The van der Waals surface area contributed by atoms with Gasteiger partial charge in [-0.2, -0.15) is 0 Å². The number of carbonyl (C=O) groups excluding carboxylic acids is 1. The van der Waals surface area contributed by atoms with Crippen molar-refractivity contribution in [3.8, 4) is 23.0 Å². The van der Waals surface area contributed by atoms with Crippen LogP contribution in [0.4, 0.5) is 4.39 Å². The van der Waals surface area contributed by atoms with E-state index in [1.54, 1.807) is 51.3 Å². The Balaban J connectivity index is 1.34. The molecular formula is C32H27FN2O7S. The quantitative estimate of drug-likeness (QED) is 0.278. The Labute approximate surface area is 249 Å². The molecule has 11 heteroatoms. The molecule has 4 aromatic rings. The second kappa shape index (κ2) is 11.8. The van der Waals surface area contributed by atoms with Crippen molar-refractivity contribution in [3.05, 3.63) is 114 Å². The molecule has 2 aliphatic heterocycles. The third kappa shape index (κ3) is 5.51. The fourth-order valence-corrected chi connectivity index (χ4v) is 6.03. The molecule has 3 heterocycles. The fourth-order valence-electron chi connectivity index (χ4n) is 4.99. The van der Waals surface area contributed by atoms with E-state index >= 15 is 0 Å². The lowest BCUT2D eigenvalue weighted by molar-refractivity contribution is -0.139. The molecule has 6 rings (SSSR count). The number of methoxy groups -OCH3 is 1. The molecule has 0 aliphatic carbocycles. The zero-order chi connectivity index (χ0) is 30.1. The van der Waals surface area contributed by atoms with Gasteiger partial charge >= 0.3 is 5.97 Å². The van der Waals surface area contributed by atoms with Crippen LogP contribution in [0.15, 0.2) is 81.7 Å². The van der Waals surface area contributed by atoms with Gasteiger partial charge in [0.05, 0.1) is 35.6 Å². The number of hydrogen-bond donors (Lipinski definition) is 0. The minimum Gasteiger partial charge on any atom is -0.493 e. The summed E-state index contributed by atoms with van der Waals surface area (Å²) in [5.41, 5.74) is 2.51. The van der Waals surface area contributed by atoms with E-state index in [0.717, 1.165) is 5.56 Å². The molecule has 0 amide bonds. The number of fused-ring (bicyclic) bond motifs is 2. The van der Waals surface area contributed by atoms with Gasteiger partial charge in [0.15, 0.2) is 27.8 Å². The molecule has 0 saturated heterocycles. The van der Waals surface area contributed by atoms with Gasteiger partial charge in [0, 0.05) is 0 Å². The Kier molecular flexibility index (Phi) is 7.73. The maximum absolute atomic E-state index is 13.8. The van der Waals surface area contributed by atoms with Gasteiger partial charge in [-0.1, -0.05) is 35.6 Å². The van der Waals surface area contributed by atoms with Crippen molar-refractivity contribution in [3.63, 3.8) is 0 Å². The van der Waals surface area contributed by atoms with E-state index in [1.165, 1.54) is 28.0 Å². The molecule has 0 spiro atoms. The van der Waals surface area contributed by atoms with Gasteiger partial charge in [0.1, 0.15) is 12.4 Å². The van der Waals surface area contributed by atoms with Crippen molar-refractivity contribution >= 4 is 23.4 Å². The van der Waals surface area contributed by atoms with Gasteiger partial charge in [-0.3, -0.25) is 9.36 Å². The van der Waals surface area contributed by atoms with Crippen LogP contribution in [0.1, 0.15) is 36.6 Å². The van der Waals surface area contributed by atoms with E-state index in [2.05, 4.69) is 4.99 Å². The van der Waals surface area contributed by atoms with Crippen LogP contribution in [0, 0.1) is 5.82 Å². The lowest BCUT2D eigenvalue weighted by Crippen LogP contribution is -2.39. The Bertz CT molecular complexity index is 1930. The van der Waals surface area contributed by atoms with Crippen LogP contribution < -0.4 is 33.8 Å². The topological polar surface area (TPSA) is 97.6 Å². The van der Waals surface area contributed by atoms with Crippen molar-refractivity contribution in [2.24, 2.45) is 4.99 Å². The molecular weight excluding hydrogens is 575 g/mol. The molecule has 0 fully saturated rings. The molecule has 9 nitrogen and oxygen atoms in total. The number of thiazole rings is 1. The first-order valence-electron chi connectivity index (χ1n) is 13.5. The summed E-state index contributed by atoms with van der Waals surface area (Å²) in [5.74, 6) is 1.40. The van der Waals surface area contributed by atoms with E-state index in [4.69, 9.17) is 23.7 Å². The molecule has 43 heavy (non-hydrogen) atoms. The average Bonchev–Trinajstić information content (AvgIpc) is 3.59. The van der Waals surface area contributed by atoms with Crippen LogP contribution in [-0.2, 0) is 16.1 Å². The number of halogens is 1. The van der Waals surface area contributed by atoms with E-state index in [-0.39, 0.29) is 31.1 Å². The van der Waals surface area contributed by atoms with E-state index < -0.39 is 17.8 Å². The highest BCUT2D eigenvalue weighted by atomic mass is 32.1. The predicted octanol–water partition coefficient (Wildman–Crippen LogP) is 4.25. The van der Waals surface area contributed by atoms with Gasteiger partial charge in [-0.15, -0.1) is 0 Å². The number of rotatable bonds is 8. The normalized spacial score (nSPS) is 15.6. The summed E-state index contributed by atoms with van der Waals surface area (Å²) in [4.78, 5) is 31.8. The molecule has 0 bridgehead atoms. The van der Waals surface area contributed by atoms with Gasteiger partial charge in [0.2, 0.25) is 6.79 Å². The van der Waals surface area contributed by atoms with Crippen LogP contribution in [0.3, 0.4) is 0 Å². The Morgan fingerprint density at radius 3 is 2.65 bits per heavy atom. The van der Waals surface area contributed by atoms with Gasteiger partial charge in [0.25, 0.3) is 5.56 Å². The predicted molar refractivity (Wildman–Crippen MR) is 157 cm³/mol. The molecule has 2 aliphatic rings. The lowest BCUT2D eigenvalue weighted by atomic mass is 9.96. The number of allylic oxidation sites excluding steroid dienone is 1. The zero-order valence-electron chi connectivity index (χ0n) is 23.6.